The molecule has 0 aliphatic heterocycles. The lowest BCUT2D eigenvalue weighted by Gasteiger charge is -2.02. The van der Waals surface area contributed by atoms with Crippen LogP contribution in [0.4, 0.5) is 0 Å². The van der Waals surface area contributed by atoms with Crippen LogP contribution in [-0.4, -0.2) is 35.7 Å². The normalized spacial score (nSPS) is 11.6. The highest BCUT2D eigenvalue weighted by molar-refractivity contribution is 5.84. The van der Waals surface area contributed by atoms with Gasteiger partial charge in [0.15, 0.2) is 0 Å². The second-order valence-corrected chi connectivity index (χ2v) is 5.45. The van der Waals surface area contributed by atoms with Gasteiger partial charge >= 0.3 is 0 Å². The predicted molar refractivity (Wildman–Crippen MR) is 95.2 cm³/mol. The molecule has 0 spiro atoms. The molecule has 2 N–H and O–H groups in total. The van der Waals surface area contributed by atoms with E-state index in [2.05, 4.69) is 9.98 Å². The number of nitrogens with zero attached hydrogens (tertiary/aromatic N) is 2. The average molecular weight is 310 g/mol. The lowest BCUT2D eigenvalue weighted by Crippen LogP contribution is -1.91. The molecule has 0 fully saturated rings. The summed E-state index contributed by atoms with van der Waals surface area (Å²) in [6.07, 6.45) is 4.20. The minimum atomic E-state index is 0.282. The van der Waals surface area contributed by atoms with E-state index in [4.69, 9.17) is 0 Å². The Morgan fingerprint density at radius 1 is 0.783 bits per heavy atom. The van der Waals surface area contributed by atoms with Crippen LogP contribution in [0.3, 0.4) is 0 Å². The van der Waals surface area contributed by atoms with Crippen molar-refractivity contribution in [1.82, 2.24) is 0 Å². The first-order valence-corrected chi connectivity index (χ1v) is 7.66. The van der Waals surface area contributed by atoms with Gasteiger partial charge in [-0.3, -0.25) is 9.98 Å². The van der Waals surface area contributed by atoms with Crippen molar-refractivity contribution in [3.63, 3.8) is 0 Å². The fourth-order valence-corrected chi connectivity index (χ4v) is 2.15. The van der Waals surface area contributed by atoms with Crippen LogP contribution in [-0.2, 0) is 0 Å². The molecule has 120 valence electrons. The van der Waals surface area contributed by atoms with Crippen LogP contribution in [0.25, 0.3) is 0 Å². The number of rotatable bonds is 6. The van der Waals surface area contributed by atoms with Gasteiger partial charge in [-0.15, -0.1) is 0 Å². The molecule has 0 bridgehead atoms. The Kier molecular flexibility index (Phi) is 5.92. The largest absolute Gasteiger partial charge is 0.507 e. The molecule has 2 aromatic carbocycles. The zero-order valence-electron chi connectivity index (χ0n) is 13.5. The lowest BCUT2D eigenvalue weighted by molar-refractivity contribution is 0.470. The van der Waals surface area contributed by atoms with Gasteiger partial charge < -0.3 is 10.2 Å². The van der Waals surface area contributed by atoms with Crippen molar-refractivity contribution < 1.29 is 10.2 Å². The zero-order chi connectivity index (χ0) is 16.7. The summed E-state index contributed by atoms with van der Waals surface area (Å²) in [4.78, 5) is 8.62. The van der Waals surface area contributed by atoms with Gasteiger partial charge in [0.25, 0.3) is 0 Å². The third-order valence-electron chi connectivity index (χ3n) is 3.57. The molecule has 0 aromatic heterocycles. The third kappa shape index (κ3) is 4.68. The van der Waals surface area contributed by atoms with Crippen LogP contribution >= 0.6 is 0 Å². The Hall–Kier alpha value is -2.62. The standard InChI is InChI=1S/C19H22N2O2/c1-14-6-3-8-16(18(14)22)12-20-10-5-11-21-13-17-9-4-7-15(2)19(17)23/h3-4,6-9,12-13,22-23H,5,10-11H2,1-2H3. The summed E-state index contributed by atoms with van der Waals surface area (Å²) in [6.45, 7) is 5.01. The van der Waals surface area contributed by atoms with E-state index < -0.39 is 0 Å². The van der Waals surface area contributed by atoms with Crippen molar-refractivity contribution in [2.24, 2.45) is 9.98 Å². The van der Waals surface area contributed by atoms with E-state index in [1.54, 1.807) is 12.4 Å². The van der Waals surface area contributed by atoms with Crippen molar-refractivity contribution in [2.75, 3.05) is 13.1 Å². The van der Waals surface area contributed by atoms with E-state index in [0.29, 0.717) is 13.1 Å². The molecular weight excluding hydrogens is 288 g/mol. The Morgan fingerprint density at radius 3 is 1.65 bits per heavy atom. The Bertz CT molecular complexity index is 660. The van der Waals surface area contributed by atoms with Crippen LogP contribution in [0, 0.1) is 13.8 Å². The summed E-state index contributed by atoms with van der Waals surface area (Å²) in [7, 11) is 0. The number of para-hydroxylation sites is 2. The van der Waals surface area contributed by atoms with Crippen LogP contribution in [0.5, 0.6) is 11.5 Å². The number of benzene rings is 2. The lowest BCUT2D eigenvalue weighted by atomic mass is 10.1. The molecule has 0 radical (unpaired) electrons. The Balaban J connectivity index is 1.79. The summed E-state index contributed by atoms with van der Waals surface area (Å²) in [5.41, 5.74) is 3.16. The molecule has 0 saturated carbocycles. The van der Waals surface area contributed by atoms with Crippen molar-refractivity contribution in [1.29, 1.82) is 0 Å². The maximum absolute atomic E-state index is 9.87. The quantitative estimate of drug-likeness (QED) is 0.632. The van der Waals surface area contributed by atoms with Crippen molar-refractivity contribution in [2.45, 2.75) is 20.3 Å². The van der Waals surface area contributed by atoms with Crippen LogP contribution in [0.2, 0.25) is 0 Å². The highest BCUT2D eigenvalue weighted by Crippen LogP contribution is 2.20. The highest BCUT2D eigenvalue weighted by Gasteiger charge is 2.00. The summed E-state index contributed by atoms with van der Waals surface area (Å²) in [5.74, 6) is 0.563. The van der Waals surface area contributed by atoms with Gasteiger partial charge in [0.1, 0.15) is 11.5 Å². The fraction of sp³-hybridized carbons (Fsp3) is 0.263. The maximum Gasteiger partial charge on any atom is 0.127 e. The predicted octanol–water partition coefficient (Wildman–Crippen LogP) is 3.64. The molecular formula is C19H22N2O2. The van der Waals surface area contributed by atoms with Gasteiger partial charge in [-0.2, -0.15) is 0 Å². The number of aryl methyl sites for hydroxylation is 2. The SMILES string of the molecule is Cc1cccc(C=NCCCN=Cc2cccc(C)c2O)c1O. The third-order valence-corrected chi connectivity index (χ3v) is 3.57. The van der Waals surface area contributed by atoms with Crippen molar-refractivity contribution in [3.8, 4) is 11.5 Å². The van der Waals surface area contributed by atoms with Gasteiger partial charge in [-0.05, 0) is 43.5 Å². The Morgan fingerprint density at radius 2 is 1.22 bits per heavy atom. The summed E-state index contributed by atoms with van der Waals surface area (Å²) in [6, 6.07) is 11.2. The molecule has 0 saturated heterocycles. The second-order valence-electron chi connectivity index (χ2n) is 5.45. The minimum Gasteiger partial charge on any atom is -0.507 e. The molecule has 4 nitrogen and oxygen atoms in total. The highest BCUT2D eigenvalue weighted by atomic mass is 16.3. The summed E-state index contributed by atoms with van der Waals surface area (Å²) in [5, 5.41) is 19.7. The van der Waals surface area contributed by atoms with Gasteiger partial charge in [-0.25, -0.2) is 0 Å². The fourth-order valence-electron chi connectivity index (χ4n) is 2.15. The number of hydrogen-bond donors (Lipinski definition) is 2. The van der Waals surface area contributed by atoms with E-state index >= 15 is 0 Å². The van der Waals surface area contributed by atoms with Crippen LogP contribution in [0.1, 0.15) is 28.7 Å². The minimum absolute atomic E-state index is 0.282. The zero-order valence-corrected chi connectivity index (χ0v) is 13.5. The monoisotopic (exact) mass is 310 g/mol. The topological polar surface area (TPSA) is 65.2 Å². The molecule has 0 aliphatic rings. The molecule has 2 aromatic rings. The van der Waals surface area contributed by atoms with Crippen LogP contribution in [0.15, 0.2) is 46.4 Å². The molecule has 0 aliphatic carbocycles. The van der Waals surface area contributed by atoms with E-state index in [1.807, 2.05) is 50.2 Å². The maximum atomic E-state index is 9.87. The first-order chi connectivity index (χ1) is 11.1. The number of aromatic hydroxyl groups is 2. The molecule has 0 heterocycles. The molecule has 0 atom stereocenters. The smallest absolute Gasteiger partial charge is 0.127 e. The molecule has 2 rings (SSSR count). The van der Waals surface area contributed by atoms with E-state index in [0.717, 1.165) is 28.7 Å². The first-order valence-electron chi connectivity index (χ1n) is 7.66. The first kappa shape index (κ1) is 16.7. The summed E-state index contributed by atoms with van der Waals surface area (Å²) >= 11 is 0. The Labute approximate surface area is 136 Å². The van der Waals surface area contributed by atoms with Gasteiger partial charge in [0.2, 0.25) is 0 Å². The van der Waals surface area contributed by atoms with Gasteiger partial charge in [0.05, 0.1) is 0 Å². The van der Waals surface area contributed by atoms with Gasteiger partial charge in [0, 0.05) is 36.6 Å². The number of aliphatic imine (C=N–C) groups is 2. The summed E-state index contributed by atoms with van der Waals surface area (Å²) < 4.78 is 0. The number of hydrogen-bond acceptors (Lipinski definition) is 4. The average Bonchev–Trinajstić information content (AvgIpc) is 2.54. The second kappa shape index (κ2) is 8.13. The van der Waals surface area contributed by atoms with Crippen molar-refractivity contribution in [3.05, 3.63) is 58.7 Å². The van der Waals surface area contributed by atoms with Crippen molar-refractivity contribution >= 4 is 12.4 Å². The molecule has 4 heteroatoms. The van der Waals surface area contributed by atoms with E-state index in [-0.39, 0.29) is 11.5 Å². The molecule has 0 unspecified atom stereocenters. The van der Waals surface area contributed by atoms with Crippen LogP contribution < -0.4 is 0 Å². The van der Waals surface area contributed by atoms with Gasteiger partial charge in [-0.1, -0.05) is 24.3 Å². The van der Waals surface area contributed by atoms with E-state index in [1.165, 1.54) is 0 Å². The van der Waals surface area contributed by atoms with E-state index in [9.17, 15) is 10.2 Å². The molecule has 0 amide bonds. The number of phenols is 2. The molecule has 23 heavy (non-hydrogen) atoms. The number of phenolic OH excluding ortho intramolecular Hbond substituents is 2.